The van der Waals surface area contributed by atoms with E-state index >= 15 is 0 Å². The molecule has 2 aromatic carbocycles. The first-order valence-corrected chi connectivity index (χ1v) is 10.7. The second-order valence-electron chi connectivity index (χ2n) is 7.38. The highest BCUT2D eigenvalue weighted by Crippen LogP contribution is 2.25. The first kappa shape index (κ1) is 20.1. The van der Waals surface area contributed by atoms with Gasteiger partial charge in [-0.3, -0.25) is 4.79 Å². The van der Waals surface area contributed by atoms with Crippen molar-refractivity contribution in [3.63, 3.8) is 0 Å². The van der Waals surface area contributed by atoms with Crippen LogP contribution in [0.25, 0.3) is 10.6 Å². The van der Waals surface area contributed by atoms with Crippen LogP contribution in [0.5, 0.6) is 0 Å². The highest BCUT2D eigenvalue weighted by Gasteiger charge is 2.16. The van der Waals surface area contributed by atoms with Gasteiger partial charge in [-0.1, -0.05) is 54.6 Å². The van der Waals surface area contributed by atoms with Gasteiger partial charge in [-0.05, 0) is 38.0 Å². The van der Waals surface area contributed by atoms with Gasteiger partial charge >= 0.3 is 0 Å². The Morgan fingerprint density at radius 2 is 1.83 bits per heavy atom. The first-order chi connectivity index (χ1) is 14.5. The number of carbonyl (C=O) groups is 1. The summed E-state index contributed by atoms with van der Waals surface area (Å²) in [5.74, 6) is -0.0590. The fourth-order valence-corrected chi connectivity index (χ4v) is 4.28. The second-order valence-corrected chi connectivity index (χ2v) is 8.24. The quantitative estimate of drug-likeness (QED) is 0.460. The number of hydrogen-bond donors (Lipinski definition) is 1. The van der Waals surface area contributed by atoms with Crippen molar-refractivity contribution in [2.24, 2.45) is 0 Å². The smallest absolute Gasteiger partial charge is 0.253 e. The number of carbonyl (C=O) groups excluding carboxylic acids is 1. The predicted molar refractivity (Wildman–Crippen MR) is 123 cm³/mol. The Labute approximate surface area is 181 Å². The molecule has 4 nitrogen and oxygen atoms in total. The molecule has 2 heterocycles. The number of nitrogens with one attached hydrogen (secondary N) is 1. The lowest BCUT2D eigenvalue weighted by atomic mass is 10.1. The second kappa shape index (κ2) is 8.67. The largest absolute Gasteiger partial charge is 0.348 e. The molecule has 151 valence electrons. The van der Waals surface area contributed by atoms with Crippen molar-refractivity contribution in [1.82, 2.24) is 14.9 Å². The number of benzene rings is 2. The Balaban J connectivity index is 1.47. The van der Waals surface area contributed by atoms with E-state index in [1.807, 2.05) is 62.4 Å². The maximum atomic E-state index is 12.8. The molecule has 5 heteroatoms. The van der Waals surface area contributed by atoms with Crippen molar-refractivity contribution in [2.45, 2.75) is 26.9 Å². The molecule has 0 saturated carbocycles. The van der Waals surface area contributed by atoms with Gasteiger partial charge in [-0.2, -0.15) is 0 Å². The molecule has 0 unspecified atom stereocenters. The van der Waals surface area contributed by atoms with Crippen molar-refractivity contribution in [2.75, 3.05) is 0 Å². The van der Waals surface area contributed by atoms with Crippen molar-refractivity contribution in [1.29, 1.82) is 0 Å². The minimum absolute atomic E-state index is 0.0590. The maximum absolute atomic E-state index is 12.8. The minimum Gasteiger partial charge on any atom is -0.348 e. The summed E-state index contributed by atoms with van der Waals surface area (Å²) in [5.41, 5.74) is 6.86. The third-order valence-corrected chi connectivity index (χ3v) is 6.13. The normalized spacial score (nSPS) is 10.9. The van der Waals surface area contributed by atoms with Gasteiger partial charge in [0.05, 0.1) is 17.8 Å². The molecule has 0 fully saturated rings. The van der Waals surface area contributed by atoms with Gasteiger partial charge in [-0.25, -0.2) is 4.98 Å². The zero-order chi connectivity index (χ0) is 21.1. The van der Waals surface area contributed by atoms with E-state index in [9.17, 15) is 4.79 Å². The highest BCUT2D eigenvalue weighted by molar-refractivity contribution is 7.13. The third kappa shape index (κ3) is 4.36. The molecule has 1 amide bonds. The maximum Gasteiger partial charge on any atom is 0.253 e. The summed E-state index contributed by atoms with van der Waals surface area (Å²) >= 11 is 1.65. The molecule has 30 heavy (non-hydrogen) atoms. The SMILES string of the molecule is [CH2]c1ccc(CNC(=O)c2cc(C)n(Cc3csc(-c4ccccc4)n3)c2C)cc1. The van der Waals surface area contributed by atoms with Crippen LogP contribution < -0.4 is 5.32 Å². The van der Waals surface area contributed by atoms with Crippen LogP contribution in [0.15, 0.2) is 66.0 Å². The van der Waals surface area contributed by atoms with E-state index in [1.165, 1.54) is 0 Å². The average Bonchev–Trinajstić information content (AvgIpc) is 3.34. The van der Waals surface area contributed by atoms with Crippen LogP contribution in [0, 0.1) is 20.8 Å². The summed E-state index contributed by atoms with van der Waals surface area (Å²) in [5, 5.41) is 6.12. The van der Waals surface area contributed by atoms with Gasteiger partial charge in [0, 0.05) is 28.9 Å². The Kier molecular flexibility index (Phi) is 5.81. The van der Waals surface area contributed by atoms with Crippen molar-refractivity contribution in [3.8, 4) is 10.6 Å². The van der Waals surface area contributed by atoms with Crippen LogP contribution in [0.4, 0.5) is 0 Å². The van der Waals surface area contributed by atoms with Crippen molar-refractivity contribution in [3.05, 3.63) is 107 Å². The summed E-state index contributed by atoms with van der Waals surface area (Å²) in [7, 11) is 0. The van der Waals surface area contributed by atoms with Crippen molar-refractivity contribution >= 4 is 17.2 Å². The number of nitrogens with zero attached hydrogens (tertiary/aromatic N) is 2. The van der Waals surface area contributed by atoms with E-state index in [4.69, 9.17) is 4.98 Å². The van der Waals surface area contributed by atoms with Gasteiger partial charge in [0.2, 0.25) is 0 Å². The Hall–Kier alpha value is -3.18. The molecular formula is C25H24N3OS. The van der Waals surface area contributed by atoms with E-state index in [0.29, 0.717) is 18.7 Å². The topological polar surface area (TPSA) is 46.9 Å². The van der Waals surface area contributed by atoms with E-state index in [2.05, 4.69) is 34.3 Å². The van der Waals surface area contributed by atoms with Gasteiger partial charge in [-0.15, -0.1) is 11.3 Å². The molecule has 4 rings (SSSR count). The van der Waals surface area contributed by atoms with Gasteiger partial charge in [0.15, 0.2) is 0 Å². The molecule has 1 N–H and O–H groups in total. The molecule has 0 bridgehead atoms. The Morgan fingerprint density at radius 3 is 2.57 bits per heavy atom. The minimum atomic E-state index is -0.0590. The lowest BCUT2D eigenvalue weighted by Crippen LogP contribution is -2.23. The molecule has 0 saturated heterocycles. The number of amides is 1. The zero-order valence-corrected chi connectivity index (χ0v) is 18.0. The summed E-state index contributed by atoms with van der Waals surface area (Å²) in [6.45, 7) is 9.05. The number of hydrogen-bond acceptors (Lipinski definition) is 3. The van der Waals surface area contributed by atoms with Gasteiger partial charge in [0.1, 0.15) is 5.01 Å². The Bertz CT molecular complexity index is 1160. The number of rotatable bonds is 6. The van der Waals surface area contributed by atoms with Gasteiger partial charge < -0.3 is 9.88 Å². The summed E-state index contributed by atoms with van der Waals surface area (Å²) < 4.78 is 2.15. The summed E-state index contributed by atoms with van der Waals surface area (Å²) in [4.78, 5) is 17.5. The fourth-order valence-electron chi connectivity index (χ4n) is 3.46. The average molecular weight is 415 g/mol. The van der Waals surface area contributed by atoms with Crippen LogP contribution in [0.1, 0.15) is 38.6 Å². The predicted octanol–water partition coefficient (Wildman–Crippen LogP) is 5.39. The van der Waals surface area contributed by atoms with E-state index in [-0.39, 0.29) is 5.91 Å². The molecule has 0 aliphatic carbocycles. The molecule has 0 atom stereocenters. The summed E-state index contributed by atoms with van der Waals surface area (Å²) in [6, 6.07) is 20.0. The number of aryl methyl sites for hydroxylation is 1. The van der Waals surface area contributed by atoms with Crippen LogP contribution >= 0.6 is 11.3 Å². The molecule has 4 aromatic rings. The first-order valence-electron chi connectivity index (χ1n) is 9.87. The molecule has 2 aromatic heterocycles. The molecule has 0 aliphatic heterocycles. The fraction of sp³-hybridized carbons (Fsp3) is 0.160. The number of thiazole rings is 1. The van der Waals surface area contributed by atoms with Crippen LogP contribution in [-0.2, 0) is 13.1 Å². The molecule has 1 radical (unpaired) electrons. The molecule has 0 aliphatic rings. The summed E-state index contributed by atoms with van der Waals surface area (Å²) in [6.07, 6.45) is 0. The van der Waals surface area contributed by atoms with Crippen LogP contribution in [-0.4, -0.2) is 15.5 Å². The van der Waals surface area contributed by atoms with Gasteiger partial charge in [0.25, 0.3) is 5.91 Å². The third-order valence-electron chi connectivity index (χ3n) is 5.19. The highest BCUT2D eigenvalue weighted by atomic mass is 32.1. The van der Waals surface area contributed by atoms with Crippen LogP contribution in [0.3, 0.4) is 0 Å². The molecular weight excluding hydrogens is 390 g/mol. The van der Waals surface area contributed by atoms with E-state index in [1.54, 1.807) is 11.3 Å². The van der Waals surface area contributed by atoms with E-state index in [0.717, 1.165) is 38.8 Å². The molecule has 0 spiro atoms. The van der Waals surface area contributed by atoms with E-state index < -0.39 is 0 Å². The lowest BCUT2D eigenvalue weighted by Gasteiger charge is -2.09. The lowest BCUT2D eigenvalue weighted by molar-refractivity contribution is 0.0950. The van der Waals surface area contributed by atoms with Crippen LogP contribution in [0.2, 0.25) is 0 Å². The zero-order valence-electron chi connectivity index (χ0n) is 17.2. The monoisotopic (exact) mass is 414 g/mol. The number of aromatic nitrogens is 2. The standard InChI is InChI=1S/C25H24N3OS/c1-17-9-11-20(12-10-17)14-26-24(29)23-13-18(2)28(19(23)3)15-22-16-30-25(27-22)21-7-5-4-6-8-21/h4-13,16H,1,14-15H2,2-3H3,(H,26,29). The van der Waals surface area contributed by atoms with Crippen molar-refractivity contribution < 1.29 is 4.79 Å². The Morgan fingerprint density at radius 1 is 1.10 bits per heavy atom.